The monoisotopic (exact) mass is 200 g/mol. The molecule has 0 atom stereocenters. The van der Waals surface area contributed by atoms with Crippen LogP contribution in [0.5, 0.6) is 0 Å². The second-order valence-electron chi connectivity index (χ2n) is 3.49. The third-order valence-corrected chi connectivity index (χ3v) is 1.99. The first kappa shape index (κ1) is 11.0. The Labute approximate surface area is 82.9 Å². The maximum atomic E-state index is 11.1. The largest absolute Gasteiger partial charge is 0.481 e. The standard InChI is InChI=1S/C9H16N2O3/c12-8(11-7-1-2-7)3-5-10-6-4-9(13)14/h7,10H,1-6H2,(H,11,12)(H,13,14). The molecule has 1 rings (SSSR count). The zero-order valence-corrected chi connectivity index (χ0v) is 8.08. The molecular formula is C9H16N2O3. The molecule has 1 aliphatic carbocycles. The number of carbonyl (C=O) groups is 2. The summed E-state index contributed by atoms with van der Waals surface area (Å²) in [6, 6.07) is 0.404. The fourth-order valence-electron chi connectivity index (χ4n) is 1.05. The van der Waals surface area contributed by atoms with Crippen molar-refractivity contribution in [2.24, 2.45) is 0 Å². The SMILES string of the molecule is O=C(O)CCNCCC(=O)NC1CC1. The van der Waals surface area contributed by atoms with Gasteiger partial charge >= 0.3 is 5.97 Å². The van der Waals surface area contributed by atoms with Crippen molar-refractivity contribution in [1.29, 1.82) is 0 Å². The molecule has 1 fully saturated rings. The zero-order valence-electron chi connectivity index (χ0n) is 8.08. The lowest BCUT2D eigenvalue weighted by atomic mass is 10.3. The van der Waals surface area contributed by atoms with Crippen LogP contribution >= 0.6 is 0 Å². The van der Waals surface area contributed by atoms with Gasteiger partial charge in [0.1, 0.15) is 0 Å². The van der Waals surface area contributed by atoms with Crippen molar-refractivity contribution in [2.45, 2.75) is 31.7 Å². The van der Waals surface area contributed by atoms with Gasteiger partial charge in [-0.1, -0.05) is 0 Å². The van der Waals surface area contributed by atoms with E-state index in [0.29, 0.717) is 25.6 Å². The van der Waals surface area contributed by atoms with E-state index in [1.165, 1.54) is 0 Å². The van der Waals surface area contributed by atoms with Crippen molar-refractivity contribution < 1.29 is 14.7 Å². The van der Waals surface area contributed by atoms with Gasteiger partial charge in [0.05, 0.1) is 6.42 Å². The minimum absolute atomic E-state index is 0.0512. The number of hydrogen-bond acceptors (Lipinski definition) is 3. The van der Waals surface area contributed by atoms with Crippen LogP contribution in [0.15, 0.2) is 0 Å². The van der Waals surface area contributed by atoms with Crippen molar-refractivity contribution in [3.05, 3.63) is 0 Å². The number of hydrogen-bond donors (Lipinski definition) is 3. The Hall–Kier alpha value is -1.10. The van der Waals surface area contributed by atoms with Crippen molar-refractivity contribution in [3.63, 3.8) is 0 Å². The molecule has 0 unspecified atom stereocenters. The first-order valence-electron chi connectivity index (χ1n) is 4.90. The number of rotatable bonds is 7. The van der Waals surface area contributed by atoms with Gasteiger partial charge in [-0.3, -0.25) is 9.59 Å². The van der Waals surface area contributed by atoms with Crippen LogP contribution < -0.4 is 10.6 Å². The topological polar surface area (TPSA) is 78.4 Å². The van der Waals surface area contributed by atoms with E-state index in [9.17, 15) is 9.59 Å². The molecule has 0 aromatic heterocycles. The lowest BCUT2D eigenvalue weighted by Crippen LogP contribution is -2.29. The quantitative estimate of drug-likeness (QED) is 0.494. The smallest absolute Gasteiger partial charge is 0.304 e. The van der Waals surface area contributed by atoms with E-state index in [0.717, 1.165) is 12.8 Å². The molecule has 5 nitrogen and oxygen atoms in total. The van der Waals surface area contributed by atoms with E-state index < -0.39 is 5.97 Å². The Morgan fingerprint density at radius 1 is 1.21 bits per heavy atom. The molecule has 1 saturated carbocycles. The van der Waals surface area contributed by atoms with Crippen molar-refractivity contribution in [1.82, 2.24) is 10.6 Å². The minimum atomic E-state index is -0.820. The molecule has 3 N–H and O–H groups in total. The first-order chi connectivity index (χ1) is 6.68. The predicted molar refractivity (Wildman–Crippen MR) is 50.9 cm³/mol. The fourth-order valence-corrected chi connectivity index (χ4v) is 1.05. The molecule has 1 amide bonds. The molecule has 5 heteroatoms. The number of carboxylic acids is 1. The van der Waals surface area contributed by atoms with Gasteiger partial charge in [-0.25, -0.2) is 0 Å². The Morgan fingerprint density at radius 3 is 2.43 bits per heavy atom. The van der Waals surface area contributed by atoms with Crippen LogP contribution in [0.1, 0.15) is 25.7 Å². The molecule has 0 bridgehead atoms. The molecule has 14 heavy (non-hydrogen) atoms. The van der Waals surface area contributed by atoms with Crippen LogP contribution in [0.3, 0.4) is 0 Å². The molecular weight excluding hydrogens is 184 g/mol. The molecule has 0 aromatic carbocycles. The van der Waals surface area contributed by atoms with Crippen LogP contribution in [0.4, 0.5) is 0 Å². The van der Waals surface area contributed by atoms with Gasteiger partial charge in [0, 0.05) is 25.6 Å². The highest BCUT2D eigenvalue weighted by atomic mass is 16.4. The molecule has 0 aromatic rings. The maximum Gasteiger partial charge on any atom is 0.304 e. The summed E-state index contributed by atoms with van der Waals surface area (Å²) >= 11 is 0. The molecule has 1 aliphatic rings. The minimum Gasteiger partial charge on any atom is -0.481 e. The summed E-state index contributed by atoms with van der Waals surface area (Å²) < 4.78 is 0. The Morgan fingerprint density at radius 2 is 1.86 bits per heavy atom. The summed E-state index contributed by atoms with van der Waals surface area (Å²) in [5.74, 6) is -0.768. The van der Waals surface area contributed by atoms with Gasteiger partial charge < -0.3 is 15.7 Å². The Balaban J connectivity index is 1.87. The van der Waals surface area contributed by atoms with Gasteiger partial charge in [-0.05, 0) is 12.8 Å². The van der Waals surface area contributed by atoms with Crippen molar-refractivity contribution in [2.75, 3.05) is 13.1 Å². The summed E-state index contributed by atoms with van der Waals surface area (Å²) in [5, 5.41) is 14.1. The van der Waals surface area contributed by atoms with Gasteiger partial charge in [0.25, 0.3) is 0 Å². The van der Waals surface area contributed by atoms with E-state index >= 15 is 0 Å². The summed E-state index contributed by atoms with van der Waals surface area (Å²) in [7, 11) is 0. The highest BCUT2D eigenvalue weighted by Crippen LogP contribution is 2.18. The number of nitrogens with one attached hydrogen (secondary N) is 2. The van der Waals surface area contributed by atoms with Crippen LogP contribution in [0.25, 0.3) is 0 Å². The van der Waals surface area contributed by atoms with Crippen LogP contribution in [0.2, 0.25) is 0 Å². The molecule has 0 radical (unpaired) electrons. The molecule has 0 spiro atoms. The first-order valence-corrected chi connectivity index (χ1v) is 4.90. The summed E-state index contributed by atoms with van der Waals surface area (Å²) in [6.07, 6.45) is 2.72. The van der Waals surface area contributed by atoms with Gasteiger partial charge in [0.2, 0.25) is 5.91 Å². The number of carbonyl (C=O) groups excluding carboxylic acids is 1. The highest BCUT2D eigenvalue weighted by molar-refractivity contribution is 5.76. The lowest BCUT2D eigenvalue weighted by Gasteiger charge is -2.03. The van der Waals surface area contributed by atoms with Crippen molar-refractivity contribution in [3.8, 4) is 0 Å². The zero-order chi connectivity index (χ0) is 10.4. The highest BCUT2D eigenvalue weighted by Gasteiger charge is 2.22. The third kappa shape index (κ3) is 5.53. The van der Waals surface area contributed by atoms with E-state index in [-0.39, 0.29) is 12.3 Å². The number of amides is 1. The van der Waals surface area contributed by atoms with Gasteiger partial charge in [-0.2, -0.15) is 0 Å². The molecule has 0 saturated heterocycles. The van der Waals surface area contributed by atoms with Crippen molar-refractivity contribution >= 4 is 11.9 Å². The lowest BCUT2D eigenvalue weighted by molar-refractivity contribution is -0.136. The van der Waals surface area contributed by atoms with Gasteiger partial charge in [-0.15, -0.1) is 0 Å². The number of aliphatic carboxylic acids is 1. The molecule has 0 heterocycles. The van der Waals surface area contributed by atoms with E-state index in [1.54, 1.807) is 0 Å². The van der Waals surface area contributed by atoms with Crippen LogP contribution in [0, 0.1) is 0 Å². The second kappa shape index (κ2) is 5.59. The number of carboxylic acid groups (broad SMARTS) is 1. The molecule has 0 aliphatic heterocycles. The maximum absolute atomic E-state index is 11.1. The predicted octanol–water partition coefficient (Wildman–Crippen LogP) is -0.281. The average molecular weight is 200 g/mol. The van der Waals surface area contributed by atoms with E-state index in [4.69, 9.17) is 5.11 Å². The summed E-state index contributed by atoms with van der Waals surface area (Å²) in [5.41, 5.74) is 0. The Bertz CT molecular complexity index is 214. The van der Waals surface area contributed by atoms with Crippen LogP contribution in [-0.2, 0) is 9.59 Å². The Kier molecular flexibility index (Phi) is 4.39. The van der Waals surface area contributed by atoms with E-state index in [2.05, 4.69) is 10.6 Å². The summed E-state index contributed by atoms with van der Waals surface area (Å²) in [6.45, 7) is 0.970. The molecule has 80 valence electrons. The normalized spacial score (nSPS) is 15.1. The average Bonchev–Trinajstić information content (AvgIpc) is 2.87. The van der Waals surface area contributed by atoms with Gasteiger partial charge in [0.15, 0.2) is 0 Å². The summed E-state index contributed by atoms with van der Waals surface area (Å²) in [4.78, 5) is 21.3. The second-order valence-corrected chi connectivity index (χ2v) is 3.49. The fraction of sp³-hybridized carbons (Fsp3) is 0.778. The van der Waals surface area contributed by atoms with Crippen LogP contribution in [-0.4, -0.2) is 36.1 Å². The van der Waals surface area contributed by atoms with E-state index in [1.807, 2.05) is 0 Å². The third-order valence-electron chi connectivity index (χ3n) is 1.99.